The van der Waals surface area contributed by atoms with Gasteiger partial charge >= 0.3 is 5.76 Å². The molecule has 0 radical (unpaired) electrons. The molecule has 0 saturated carbocycles. The normalized spacial score (nSPS) is 18.0. The molecule has 1 N–H and O–H groups in total. The zero-order valence-electron chi connectivity index (χ0n) is 14.1. The molecule has 1 aliphatic rings. The minimum absolute atomic E-state index is 0.0144. The van der Waals surface area contributed by atoms with Crippen molar-refractivity contribution in [2.45, 2.75) is 38.8 Å². The number of hydrogen-bond donors (Lipinski definition) is 1. The van der Waals surface area contributed by atoms with E-state index in [1.165, 1.54) is 4.57 Å². The van der Waals surface area contributed by atoms with Crippen molar-refractivity contribution >= 4 is 17.0 Å². The predicted molar refractivity (Wildman–Crippen MR) is 92.1 cm³/mol. The Morgan fingerprint density at radius 3 is 3.00 bits per heavy atom. The lowest BCUT2D eigenvalue weighted by Crippen LogP contribution is -2.41. The number of hydrogen-bond acceptors (Lipinski definition) is 4. The number of likely N-dealkylation sites (tertiary alicyclic amines) is 1. The number of aromatic amines is 1. The summed E-state index contributed by atoms with van der Waals surface area (Å²) in [7, 11) is 0. The van der Waals surface area contributed by atoms with Gasteiger partial charge in [-0.3, -0.25) is 14.5 Å². The van der Waals surface area contributed by atoms with E-state index >= 15 is 0 Å². The quantitative estimate of drug-likeness (QED) is 0.793. The lowest BCUT2D eigenvalue weighted by molar-refractivity contribution is -0.135. The summed E-state index contributed by atoms with van der Waals surface area (Å²) in [5.74, 6) is -0.576. The third-order valence-electron chi connectivity index (χ3n) is 4.89. The molecular weight excluding hydrogens is 320 g/mol. The maximum Gasteiger partial charge on any atom is 0.420 e. The standard InChI is InChI=1S/C18H20N4O3/c1-12-10-19-20-17(12)14-7-4-5-9-21(14)16(23)11-22-13-6-2-3-8-15(13)25-18(22)24/h2-3,6,8,10,14H,4-5,7,9,11H2,1H3,(H,19,20)/t14-/m1/s1. The van der Waals surface area contributed by atoms with Gasteiger partial charge < -0.3 is 9.32 Å². The molecule has 130 valence electrons. The molecule has 3 heterocycles. The molecule has 7 heteroatoms. The summed E-state index contributed by atoms with van der Waals surface area (Å²) in [4.78, 5) is 27.0. The van der Waals surface area contributed by atoms with Gasteiger partial charge in [-0.25, -0.2) is 4.79 Å². The van der Waals surface area contributed by atoms with E-state index in [-0.39, 0.29) is 18.5 Å². The summed E-state index contributed by atoms with van der Waals surface area (Å²) in [5, 5.41) is 7.12. The highest BCUT2D eigenvalue weighted by atomic mass is 16.4. The fourth-order valence-corrected chi connectivity index (χ4v) is 3.61. The van der Waals surface area contributed by atoms with Gasteiger partial charge in [0.1, 0.15) is 6.54 Å². The molecule has 7 nitrogen and oxygen atoms in total. The SMILES string of the molecule is Cc1cn[nH]c1[C@H]1CCCCN1C(=O)Cn1c(=O)oc2ccccc21. The van der Waals surface area contributed by atoms with E-state index in [0.717, 1.165) is 30.5 Å². The van der Waals surface area contributed by atoms with Crippen LogP contribution in [0.3, 0.4) is 0 Å². The number of aryl methyl sites for hydroxylation is 1. The highest BCUT2D eigenvalue weighted by Gasteiger charge is 2.30. The molecule has 0 spiro atoms. The van der Waals surface area contributed by atoms with Crippen molar-refractivity contribution in [3.05, 3.63) is 52.3 Å². The van der Waals surface area contributed by atoms with E-state index in [4.69, 9.17) is 4.42 Å². The van der Waals surface area contributed by atoms with Crippen LogP contribution in [0.2, 0.25) is 0 Å². The number of carbonyl (C=O) groups excluding carboxylic acids is 1. The zero-order valence-corrected chi connectivity index (χ0v) is 14.1. The average Bonchev–Trinajstić information content (AvgIpc) is 3.18. The molecule has 1 aromatic carbocycles. The zero-order chi connectivity index (χ0) is 17.4. The molecule has 25 heavy (non-hydrogen) atoms. The second-order valence-electron chi connectivity index (χ2n) is 6.49. The summed E-state index contributed by atoms with van der Waals surface area (Å²) >= 11 is 0. The fourth-order valence-electron chi connectivity index (χ4n) is 3.61. The van der Waals surface area contributed by atoms with Crippen molar-refractivity contribution in [2.75, 3.05) is 6.54 Å². The minimum Gasteiger partial charge on any atom is -0.408 e. The lowest BCUT2D eigenvalue weighted by Gasteiger charge is -2.35. The van der Waals surface area contributed by atoms with Gasteiger partial charge in [-0.1, -0.05) is 12.1 Å². The summed E-state index contributed by atoms with van der Waals surface area (Å²) in [6.45, 7) is 2.66. The molecule has 0 unspecified atom stereocenters. The average molecular weight is 340 g/mol. The van der Waals surface area contributed by atoms with Gasteiger partial charge in [0.15, 0.2) is 5.58 Å². The van der Waals surface area contributed by atoms with E-state index in [2.05, 4.69) is 10.2 Å². The van der Waals surface area contributed by atoms with Crippen LogP contribution in [-0.4, -0.2) is 32.1 Å². The fraction of sp³-hybridized carbons (Fsp3) is 0.389. The molecule has 0 aliphatic carbocycles. The first kappa shape index (κ1) is 15.7. The number of fused-ring (bicyclic) bond motifs is 1. The smallest absolute Gasteiger partial charge is 0.408 e. The first-order valence-corrected chi connectivity index (χ1v) is 8.53. The Balaban J connectivity index is 1.64. The Kier molecular flexibility index (Phi) is 3.91. The van der Waals surface area contributed by atoms with Crippen LogP contribution in [0.5, 0.6) is 0 Å². The van der Waals surface area contributed by atoms with Crippen LogP contribution < -0.4 is 5.76 Å². The second-order valence-corrected chi connectivity index (χ2v) is 6.49. The second kappa shape index (κ2) is 6.23. The van der Waals surface area contributed by atoms with Gasteiger partial charge in [0.2, 0.25) is 5.91 Å². The predicted octanol–water partition coefficient (Wildman–Crippen LogP) is 2.38. The van der Waals surface area contributed by atoms with E-state index in [9.17, 15) is 9.59 Å². The van der Waals surface area contributed by atoms with Gasteiger partial charge in [0.25, 0.3) is 0 Å². The van der Waals surface area contributed by atoms with E-state index in [1.807, 2.05) is 17.9 Å². The number of aromatic nitrogens is 3. The van der Waals surface area contributed by atoms with Crippen LogP contribution in [0, 0.1) is 6.92 Å². The van der Waals surface area contributed by atoms with Gasteiger partial charge in [-0.15, -0.1) is 0 Å². The number of amides is 1. The van der Waals surface area contributed by atoms with Crippen LogP contribution in [-0.2, 0) is 11.3 Å². The summed E-state index contributed by atoms with van der Waals surface area (Å²) in [6, 6.07) is 7.14. The van der Waals surface area contributed by atoms with Crippen molar-refractivity contribution in [1.82, 2.24) is 19.7 Å². The van der Waals surface area contributed by atoms with Crippen molar-refractivity contribution in [3.8, 4) is 0 Å². The third kappa shape index (κ3) is 2.75. The van der Waals surface area contributed by atoms with E-state index < -0.39 is 5.76 Å². The molecule has 1 saturated heterocycles. The van der Waals surface area contributed by atoms with Gasteiger partial charge in [0.05, 0.1) is 23.4 Å². The number of oxazole rings is 1. The summed E-state index contributed by atoms with van der Waals surface area (Å²) in [5.41, 5.74) is 3.18. The Labute approximate surface area is 144 Å². The first-order valence-electron chi connectivity index (χ1n) is 8.53. The van der Waals surface area contributed by atoms with Crippen LogP contribution >= 0.6 is 0 Å². The highest BCUT2D eigenvalue weighted by molar-refractivity contribution is 5.80. The van der Waals surface area contributed by atoms with Crippen molar-refractivity contribution < 1.29 is 9.21 Å². The maximum absolute atomic E-state index is 13.0. The number of benzene rings is 1. The Bertz CT molecular complexity index is 968. The van der Waals surface area contributed by atoms with Gasteiger partial charge in [0, 0.05) is 6.54 Å². The maximum atomic E-state index is 13.0. The highest BCUT2D eigenvalue weighted by Crippen LogP contribution is 2.31. The lowest BCUT2D eigenvalue weighted by atomic mass is 9.97. The molecular formula is C18H20N4O3. The Hall–Kier alpha value is -2.83. The van der Waals surface area contributed by atoms with Crippen molar-refractivity contribution in [3.63, 3.8) is 0 Å². The van der Waals surface area contributed by atoms with Crippen LogP contribution in [0.4, 0.5) is 0 Å². The van der Waals surface area contributed by atoms with Crippen LogP contribution in [0.1, 0.15) is 36.6 Å². The summed E-state index contributed by atoms with van der Waals surface area (Å²) in [6.07, 6.45) is 4.72. The number of nitrogens with zero attached hydrogens (tertiary/aromatic N) is 3. The van der Waals surface area contributed by atoms with Crippen LogP contribution in [0.15, 0.2) is 39.7 Å². The number of carbonyl (C=O) groups is 1. The van der Waals surface area contributed by atoms with E-state index in [0.29, 0.717) is 17.6 Å². The van der Waals surface area contributed by atoms with E-state index in [1.54, 1.807) is 24.4 Å². The van der Waals surface area contributed by atoms with Gasteiger partial charge in [-0.2, -0.15) is 5.10 Å². The molecule has 1 amide bonds. The number of H-pyrrole nitrogens is 1. The van der Waals surface area contributed by atoms with Crippen molar-refractivity contribution in [2.24, 2.45) is 0 Å². The molecule has 1 aliphatic heterocycles. The Morgan fingerprint density at radius 1 is 1.36 bits per heavy atom. The topological polar surface area (TPSA) is 84.1 Å². The minimum atomic E-state index is -0.499. The molecule has 3 aromatic rings. The Morgan fingerprint density at radius 2 is 2.20 bits per heavy atom. The first-order chi connectivity index (χ1) is 12.1. The monoisotopic (exact) mass is 340 g/mol. The molecule has 1 atom stereocenters. The molecule has 1 fully saturated rings. The molecule has 4 rings (SSSR count). The summed E-state index contributed by atoms with van der Waals surface area (Å²) < 4.78 is 6.63. The number of rotatable bonds is 3. The van der Waals surface area contributed by atoms with Crippen LogP contribution in [0.25, 0.3) is 11.1 Å². The number of piperidine rings is 1. The molecule has 2 aromatic heterocycles. The third-order valence-corrected chi connectivity index (χ3v) is 4.89. The van der Waals surface area contributed by atoms with Gasteiger partial charge in [-0.05, 0) is 43.9 Å². The van der Waals surface area contributed by atoms with Crippen molar-refractivity contribution in [1.29, 1.82) is 0 Å². The number of para-hydroxylation sites is 2. The number of nitrogens with one attached hydrogen (secondary N) is 1. The largest absolute Gasteiger partial charge is 0.420 e. The molecule has 0 bridgehead atoms.